The van der Waals surface area contributed by atoms with Crippen LogP contribution >= 0.6 is 0 Å². The highest BCUT2D eigenvalue weighted by atomic mass is 19.1. The maximum atomic E-state index is 13.3. The number of aliphatic carboxylic acids is 1. The number of benzene rings is 1. The Hall–Kier alpha value is -3.75. The Morgan fingerprint density at radius 1 is 1.29 bits per heavy atom. The Labute approximate surface area is 177 Å². The van der Waals surface area contributed by atoms with E-state index in [-0.39, 0.29) is 23.8 Å². The van der Waals surface area contributed by atoms with Crippen LogP contribution in [0.4, 0.5) is 4.39 Å². The summed E-state index contributed by atoms with van der Waals surface area (Å²) in [6.45, 7) is 3.34. The van der Waals surface area contributed by atoms with Gasteiger partial charge >= 0.3 is 11.9 Å². The summed E-state index contributed by atoms with van der Waals surface area (Å²) in [5.74, 6) is -3.37. The quantitative estimate of drug-likeness (QED) is 0.571. The number of carboxylic acid groups (broad SMARTS) is 1. The zero-order chi connectivity index (χ0) is 22.3. The summed E-state index contributed by atoms with van der Waals surface area (Å²) in [4.78, 5) is 42.9. The molecule has 3 aliphatic heterocycles. The molecule has 1 aromatic carbocycles. The third-order valence-corrected chi connectivity index (χ3v) is 5.34. The molecule has 1 N–H and O–H groups in total. The van der Waals surface area contributed by atoms with Crippen molar-refractivity contribution in [1.82, 2.24) is 4.90 Å². The number of ether oxygens (including phenoxy) is 2. The predicted molar refractivity (Wildman–Crippen MR) is 106 cm³/mol. The predicted octanol–water partition coefficient (Wildman–Crippen LogP) is 2.12. The van der Waals surface area contributed by atoms with E-state index in [1.165, 1.54) is 17.0 Å². The Morgan fingerprint density at radius 3 is 2.65 bits per heavy atom. The molecule has 0 radical (unpaired) electrons. The Bertz CT molecular complexity index is 1100. The molecule has 9 heteroatoms. The summed E-state index contributed by atoms with van der Waals surface area (Å²) >= 11 is 0. The van der Waals surface area contributed by atoms with Crippen LogP contribution in [-0.4, -0.2) is 52.8 Å². The van der Waals surface area contributed by atoms with Gasteiger partial charge in [0.15, 0.2) is 0 Å². The van der Waals surface area contributed by atoms with Gasteiger partial charge < -0.3 is 14.6 Å². The molecule has 3 heterocycles. The van der Waals surface area contributed by atoms with Gasteiger partial charge in [-0.1, -0.05) is 12.1 Å². The van der Waals surface area contributed by atoms with Crippen molar-refractivity contribution >= 4 is 24.1 Å². The SMILES string of the molecule is CCOC(=O)C1=C(C)C2N=CC(Cc3ccc(F)cc3)=C3OC(C(=O)O)=CN(C1=O)C32. The molecular formula is C22H19FN2O6. The third kappa shape index (κ3) is 3.52. The lowest BCUT2D eigenvalue weighted by Gasteiger charge is -2.43. The van der Waals surface area contributed by atoms with Gasteiger partial charge in [-0.3, -0.25) is 14.7 Å². The molecule has 8 nitrogen and oxygen atoms in total. The van der Waals surface area contributed by atoms with Gasteiger partial charge in [0.25, 0.3) is 5.91 Å². The molecular weight excluding hydrogens is 407 g/mol. The third-order valence-electron chi connectivity index (χ3n) is 5.34. The van der Waals surface area contributed by atoms with Crippen LogP contribution in [0.1, 0.15) is 19.4 Å². The Kier molecular flexibility index (Phi) is 5.18. The lowest BCUT2D eigenvalue weighted by atomic mass is 9.84. The van der Waals surface area contributed by atoms with Gasteiger partial charge in [-0.25, -0.2) is 14.0 Å². The van der Waals surface area contributed by atoms with Crippen molar-refractivity contribution in [1.29, 1.82) is 0 Å². The molecule has 0 spiro atoms. The van der Waals surface area contributed by atoms with Crippen molar-refractivity contribution in [2.75, 3.05) is 6.61 Å². The number of hydrogen-bond acceptors (Lipinski definition) is 6. The number of hydrogen-bond donors (Lipinski definition) is 1. The van der Waals surface area contributed by atoms with Crippen LogP contribution < -0.4 is 0 Å². The van der Waals surface area contributed by atoms with Crippen molar-refractivity contribution in [3.05, 3.63) is 70.1 Å². The van der Waals surface area contributed by atoms with Gasteiger partial charge in [0, 0.05) is 18.2 Å². The normalized spacial score (nSPS) is 22.1. The van der Waals surface area contributed by atoms with Crippen LogP contribution in [0.2, 0.25) is 0 Å². The summed E-state index contributed by atoms with van der Waals surface area (Å²) < 4.78 is 23.9. The van der Waals surface area contributed by atoms with Gasteiger partial charge in [-0.15, -0.1) is 0 Å². The van der Waals surface area contributed by atoms with E-state index in [9.17, 15) is 23.9 Å². The second-order valence-corrected chi connectivity index (χ2v) is 7.25. The first kappa shape index (κ1) is 20.5. The fourth-order valence-electron chi connectivity index (χ4n) is 3.89. The van der Waals surface area contributed by atoms with E-state index >= 15 is 0 Å². The molecule has 4 rings (SSSR count). The van der Waals surface area contributed by atoms with Gasteiger partial charge in [0.05, 0.1) is 12.8 Å². The average molecular weight is 426 g/mol. The smallest absolute Gasteiger partial charge is 0.373 e. The Morgan fingerprint density at radius 2 is 2.00 bits per heavy atom. The van der Waals surface area contributed by atoms with Crippen LogP contribution in [0.5, 0.6) is 0 Å². The summed E-state index contributed by atoms with van der Waals surface area (Å²) in [6.07, 6.45) is 2.92. The minimum atomic E-state index is -1.36. The molecule has 0 aromatic heterocycles. The second kappa shape index (κ2) is 7.82. The maximum absolute atomic E-state index is 13.3. The minimum Gasteiger partial charge on any atom is -0.475 e. The number of esters is 1. The summed E-state index contributed by atoms with van der Waals surface area (Å²) in [7, 11) is 0. The minimum absolute atomic E-state index is 0.0898. The molecule has 3 aliphatic rings. The number of nitrogens with zero attached hydrogens (tertiary/aromatic N) is 2. The monoisotopic (exact) mass is 426 g/mol. The Balaban J connectivity index is 1.82. The molecule has 2 atom stereocenters. The molecule has 1 amide bonds. The van der Waals surface area contributed by atoms with Crippen LogP contribution in [0.3, 0.4) is 0 Å². The fourth-order valence-corrected chi connectivity index (χ4v) is 3.89. The van der Waals surface area contributed by atoms with E-state index in [0.717, 1.165) is 11.8 Å². The summed E-state index contributed by atoms with van der Waals surface area (Å²) in [5, 5.41) is 9.50. The number of dihydropyridines is 1. The van der Waals surface area contributed by atoms with Gasteiger partial charge in [-0.2, -0.15) is 0 Å². The van der Waals surface area contributed by atoms with Crippen molar-refractivity contribution in [2.24, 2.45) is 4.99 Å². The molecule has 0 saturated carbocycles. The van der Waals surface area contributed by atoms with E-state index in [1.807, 2.05) is 0 Å². The first-order valence-corrected chi connectivity index (χ1v) is 9.66. The number of rotatable bonds is 5. The largest absolute Gasteiger partial charge is 0.475 e. The fraction of sp³-hybridized carbons (Fsp3) is 0.273. The van der Waals surface area contributed by atoms with E-state index in [4.69, 9.17) is 9.47 Å². The number of amides is 1. The van der Waals surface area contributed by atoms with Gasteiger partial charge in [-0.05, 0) is 37.1 Å². The topological polar surface area (TPSA) is 106 Å². The van der Waals surface area contributed by atoms with Crippen LogP contribution in [-0.2, 0) is 30.3 Å². The maximum Gasteiger partial charge on any atom is 0.373 e. The zero-order valence-electron chi connectivity index (χ0n) is 16.8. The average Bonchev–Trinajstić information content (AvgIpc) is 2.74. The van der Waals surface area contributed by atoms with Gasteiger partial charge in [0.1, 0.15) is 29.2 Å². The van der Waals surface area contributed by atoms with E-state index in [0.29, 0.717) is 17.6 Å². The number of allylic oxidation sites excluding steroid dienone is 1. The molecule has 0 saturated heterocycles. The molecule has 1 aromatic rings. The number of carboxylic acids is 1. The van der Waals surface area contributed by atoms with Crippen molar-refractivity contribution in [3.63, 3.8) is 0 Å². The van der Waals surface area contributed by atoms with E-state index < -0.39 is 35.7 Å². The van der Waals surface area contributed by atoms with Crippen molar-refractivity contribution < 1.29 is 33.4 Å². The molecule has 0 aliphatic carbocycles. The van der Waals surface area contributed by atoms with Gasteiger partial charge in [0.2, 0.25) is 5.76 Å². The van der Waals surface area contributed by atoms with E-state index in [2.05, 4.69) is 4.99 Å². The highest BCUT2D eigenvalue weighted by Gasteiger charge is 2.49. The zero-order valence-corrected chi connectivity index (χ0v) is 16.8. The van der Waals surface area contributed by atoms with Crippen molar-refractivity contribution in [2.45, 2.75) is 32.4 Å². The van der Waals surface area contributed by atoms with Crippen LogP contribution in [0, 0.1) is 5.82 Å². The first-order chi connectivity index (χ1) is 14.8. The van der Waals surface area contributed by atoms with Crippen molar-refractivity contribution in [3.8, 4) is 0 Å². The second-order valence-electron chi connectivity index (χ2n) is 7.25. The molecule has 160 valence electrons. The van der Waals surface area contributed by atoms with Crippen LogP contribution in [0.15, 0.2) is 63.7 Å². The summed E-state index contributed by atoms with van der Waals surface area (Å²) in [6, 6.07) is 4.50. The molecule has 2 unspecified atom stereocenters. The highest BCUT2D eigenvalue weighted by Crippen LogP contribution is 2.39. The molecule has 31 heavy (non-hydrogen) atoms. The lowest BCUT2D eigenvalue weighted by Crippen LogP contribution is -2.55. The number of aliphatic imine (C=N–C) groups is 1. The first-order valence-electron chi connectivity index (χ1n) is 9.66. The van der Waals surface area contributed by atoms with E-state index in [1.54, 1.807) is 32.2 Å². The lowest BCUT2D eigenvalue weighted by molar-refractivity contribution is -0.143. The molecule has 0 bridgehead atoms. The highest BCUT2D eigenvalue weighted by molar-refractivity contribution is 6.18. The van der Waals surface area contributed by atoms with Crippen LogP contribution in [0.25, 0.3) is 0 Å². The number of carbonyl (C=O) groups excluding carboxylic acids is 2. The number of halogens is 1. The standard InChI is InChI=1S/C22H19FN2O6/c1-3-30-22(29)16-11(2)17-18-19(31-15(21(27)28)10-25(18)20(16)26)13(9-24-17)8-12-4-6-14(23)7-5-12/h4-7,9-10,17-18H,3,8H2,1-2H3,(H,27,28). The number of carbonyl (C=O) groups is 3. The summed E-state index contributed by atoms with van der Waals surface area (Å²) in [5.41, 5.74) is 1.58. The molecule has 0 fully saturated rings.